The Hall–Kier alpha value is -1.72. The number of anilines is 1. The zero-order chi connectivity index (χ0) is 14.8. The minimum Gasteiger partial charge on any atom is -0.363 e. The topological polar surface area (TPSA) is 38.3 Å². The van der Waals surface area contributed by atoms with Crippen LogP contribution < -0.4 is 5.32 Å². The number of benzene rings is 2. The average molecular weight is 350 g/mol. The van der Waals surface area contributed by atoms with Crippen molar-refractivity contribution in [2.45, 2.75) is 12.5 Å². The van der Waals surface area contributed by atoms with E-state index in [1.165, 1.54) is 12.1 Å². The minimum absolute atomic E-state index is 0.298. The van der Waals surface area contributed by atoms with Crippen LogP contribution in [0.1, 0.15) is 17.2 Å². The Bertz CT molecular complexity index is 690. The second kappa shape index (κ2) is 5.95. The molecule has 1 aliphatic heterocycles. The lowest BCUT2D eigenvalue weighted by atomic mass is 9.97. The first kappa shape index (κ1) is 14.2. The fraction of sp³-hybridized carbons (Fsp3) is 0.188. The van der Waals surface area contributed by atoms with Crippen LogP contribution in [-0.4, -0.2) is 12.5 Å². The summed E-state index contributed by atoms with van der Waals surface area (Å²) in [6.07, 6.45) is 0.133. The van der Waals surface area contributed by atoms with Crippen molar-refractivity contribution in [2.75, 3.05) is 11.9 Å². The van der Waals surface area contributed by atoms with Gasteiger partial charge in [-0.05, 0) is 51.7 Å². The van der Waals surface area contributed by atoms with Gasteiger partial charge >= 0.3 is 0 Å². The number of carbonyl (C=O) groups excluding carboxylic acids is 1. The van der Waals surface area contributed by atoms with Gasteiger partial charge in [0.05, 0.1) is 12.3 Å². The first-order chi connectivity index (χ1) is 10.1. The summed E-state index contributed by atoms with van der Waals surface area (Å²) >= 11 is 3.29. The number of hydrogen-bond acceptors (Lipinski definition) is 2. The SMILES string of the molecule is O=C(Nc1cc(F)ccc1Br)C1OCCc2ccccc21. The molecular weight excluding hydrogens is 337 g/mol. The molecule has 0 saturated heterocycles. The lowest BCUT2D eigenvalue weighted by Gasteiger charge is -2.25. The van der Waals surface area contributed by atoms with Crippen molar-refractivity contribution in [1.29, 1.82) is 0 Å². The van der Waals surface area contributed by atoms with Crippen LogP contribution in [0.4, 0.5) is 10.1 Å². The van der Waals surface area contributed by atoms with E-state index in [-0.39, 0.29) is 5.91 Å². The molecule has 0 bridgehead atoms. The van der Waals surface area contributed by atoms with Crippen LogP contribution >= 0.6 is 15.9 Å². The van der Waals surface area contributed by atoms with Gasteiger partial charge in [0, 0.05) is 4.47 Å². The lowest BCUT2D eigenvalue weighted by Crippen LogP contribution is -2.28. The number of nitrogens with one attached hydrogen (secondary N) is 1. The molecule has 0 aliphatic carbocycles. The van der Waals surface area contributed by atoms with Crippen LogP contribution in [0.15, 0.2) is 46.9 Å². The van der Waals surface area contributed by atoms with E-state index in [0.717, 1.165) is 17.5 Å². The zero-order valence-corrected chi connectivity index (χ0v) is 12.7. The van der Waals surface area contributed by atoms with Crippen LogP contribution in [0.25, 0.3) is 0 Å². The Morgan fingerprint density at radius 3 is 2.95 bits per heavy atom. The maximum absolute atomic E-state index is 13.3. The first-order valence-electron chi connectivity index (χ1n) is 6.60. The Morgan fingerprint density at radius 1 is 1.29 bits per heavy atom. The predicted molar refractivity (Wildman–Crippen MR) is 81.6 cm³/mol. The second-order valence-electron chi connectivity index (χ2n) is 4.81. The third-order valence-corrected chi connectivity index (χ3v) is 4.11. The van der Waals surface area contributed by atoms with Gasteiger partial charge in [-0.25, -0.2) is 4.39 Å². The van der Waals surface area contributed by atoms with Crippen LogP contribution in [0.3, 0.4) is 0 Å². The van der Waals surface area contributed by atoms with Gasteiger partial charge in [0.15, 0.2) is 6.10 Å². The molecule has 21 heavy (non-hydrogen) atoms. The van der Waals surface area contributed by atoms with Crippen LogP contribution in [-0.2, 0) is 16.0 Å². The second-order valence-corrected chi connectivity index (χ2v) is 5.67. The molecule has 1 aliphatic rings. The molecule has 0 radical (unpaired) electrons. The number of ether oxygens (including phenoxy) is 1. The van der Waals surface area contributed by atoms with E-state index >= 15 is 0 Å². The Labute approximate surface area is 130 Å². The van der Waals surface area contributed by atoms with Gasteiger partial charge < -0.3 is 10.1 Å². The van der Waals surface area contributed by atoms with Crippen molar-refractivity contribution >= 4 is 27.5 Å². The highest BCUT2D eigenvalue weighted by atomic mass is 79.9. The molecule has 1 N–H and O–H groups in total. The third-order valence-electron chi connectivity index (χ3n) is 3.42. The maximum atomic E-state index is 13.3. The summed E-state index contributed by atoms with van der Waals surface area (Å²) in [6.45, 7) is 0.499. The number of halogens is 2. The number of amides is 1. The van der Waals surface area contributed by atoms with E-state index in [9.17, 15) is 9.18 Å². The quantitative estimate of drug-likeness (QED) is 0.894. The van der Waals surface area contributed by atoms with E-state index in [4.69, 9.17) is 4.74 Å². The summed E-state index contributed by atoms with van der Waals surface area (Å²) in [4.78, 5) is 12.4. The van der Waals surface area contributed by atoms with Gasteiger partial charge in [-0.2, -0.15) is 0 Å². The average Bonchev–Trinajstić information content (AvgIpc) is 2.50. The molecule has 2 aromatic rings. The van der Waals surface area contributed by atoms with Gasteiger partial charge in [-0.15, -0.1) is 0 Å². The summed E-state index contributed by atoms with van der Waals surface area (Å²) in [6, 6.07) is 11.9. The van der Waals surface area contributed by atoms with Crippen molar-refractivity contribution in [3.63, 3.8) is 0 Å². The molecule has 0 fully saturated rings. The van der Waals surface area contributed by atoms with Crippen LogP contribution in [0.5, 0.6) is 0 Å². The molecule has 108 valence electrons. The molecule has 2 aromatic carbocycles. The summed E-state index contributed by atoms with van der Waals surface area (Å²) in [7, 11) is 0. The molecule has 1 atom stereocenters. The standard InChI is InChI=1S/C16H13BrFNO2/c17-13-6-5-11(18)9-14(13)19-16(20)15-12-4-2-1-3-10(12)7-8-21-15/h1-6,9,15H,7-8H2,(H,19,20). The zero-order valence-electron chi connectivity index (χ0n) is 11.1. The van der Waals surface area contributed by atoms with E-state index in [1.807, 2.05) is 24.3 Å². The van der Waals surface area contributed by atoms with E-state index in [1.54, 1.807) is 6.07 Å². The minimum atomic E-state index is -0.662. The van der Waals surface area contributed by atoms with Crippen molar-refractivity contribution in [3.05, 3.63) is 63.9 Å². The Balaban J connectivity index is 1.85. The highest BCUT2D eigenvalue weighted by Crippen LogP contribution is 2.30. The van der Waals surface area contributed by atoms with E-state index < -0.39 is 11.9 Å². The molecule has 0 aromatic heterocycles. The summed E-state index contributed by atoms with van der Waals surface area (Å²) in [5.41, 5.74) is 2.38. The molecule has 0 saturated carbocycles. The highest BCUT2D eigenvalue weighted by molar-refractivity contribution is 9.10. The van der Waals surface area contributed by atoms with Gasteiger partial charge in [0.25, 0.3) is 5.91 Å². The Kier molecular flexibility index (Phi) is 4.03. The fourth-order valence-electron chi connectivity index (χ4n) is 2.40. The molecule has 1 heterocycles. The van der Waals surface area contributed by atoms with Crippen LogP contribution in [0, 0.1) is 5.82 Å². The predicted octanol–water partition coefficient (Wildman–Crippen LogP) is 3.84. The van der Waals surface area contributed by atoms with E-state index in [0.29, 0.717) is 16.8 Å². The number of carbonyl (C=O) groups is 1. The van der Waals surface area contributed by atoms with Gasteiger partial charge in [0.1, 0.15) is 5.82 Å². The van der Waals surface area contributed by atoms with Crippen LogP contribution in [0.2, 0.25) is 0 Å². The molecular formula is C16H13BrFNO2. The summed E-state index contributed by atoms with van der Waals surface area (Å²) in [5, 5.41) is 2.71. The number of rotatable bonds is 2. The van der Waals surface area contributed by atoms with Crippen molar-refractivity contribution in [3.8, 4) is 0 Å². The smallest absolute Gasteiger partial charge is 0.258 e. The fourth-order valence-corrected chi connectivity index (χ4v) is 2.75. The van der Waals surface area contributed by atoms with Gasteiger partial charge in [-0.3, -0.25) is 4.79 Å². The summed E-state index contributed by atoms with van der Waals surface area (Å²) in [5.74, 6) is -0.702. The largest absolute Gasteiger partial charge is 0.363 e. The molecule has 3 nitrogen and oxygen atoms in total. The maximum Gasteiger partial charge on any atom is 0.258 e. The molecule has 0 spiro atoms. The normalized spacial score (nSPS) is 17.1. The molecule has 5 heteroatoms. The number of fused-ring (bicyclic) bond motifs is 1. The molecule has 1 amide bonds. The highest BCUT2D eigenvalue weighted by Gasteiger charge is 2.27. The van der Waals surface area contributed by atoms with Crippen molar-refractivity contribution in [1.82, 2.24) is 0 Å². The lowest BCUT2D eigenvalue weighted by molar-refractivity contribution is -0.128. The summed E-state index contributed by atoms with van der Waals surface area (Å²) < 4.78 is 19.5. The van der Waals surface area contributed by atoms with Gasteiger partial charge in [0.2, 0.25) is 0 Å². The third kappa shape index (κ3) is 2.99. The molecule has 1 unspecified atom stereocenters. The number of hydrogen-bond donors (Lipinski definition) is 1. The van der Waals surface area contributed by atoms with Gasteiger partial charge in [-0.1, -0.05) is 24.3 Å². The monoisotopic (exact) mass is 349 g/mol. The first-order valence-corrected chi connectivity index (χ1v) is 7.40. The van der Waals surface area contributed by atoms with Crippen molar-refractivity contribution < 1.29 is 13.9 Å². The Morgan fingerprint density at radius 2 is 2.10 bits per heavy atom. The molecule has 3 rings (SSSR count). The van der Waals surface area contributed by atoms with Crippen molar-refractivity contribution in [2.24, 2.45) is 0 Å². The van der Waals surface area contributed by atoms with E-state index in [2.05, 4.69) is 21.2 Å².